The van der Waals surface area contributed by atoms with Crippen LogP contribution in [0.15, 0.2) is 12.3 Å². The normalized spacial score (nSPS) is 9.00. The van der Waals surface area contributed by atoms with Gasteiger partial charge in [0.25, 0.3) is 5.91 Å². The number of aromatic nitrogens is 2. The first-order valence-corrected chi connectivity index (χ1v) is 3.05. The van der Waals surface area contributed by atoms with Gasteiger partial charge in [0.15, 0.2) is 0 Å². The Kier molecular flexibility index (Phi) is 2.26. The zero-order valence-corrected chi connectivity index (χ0v) is 6.00. The van der Waals surface area contributed by atoms with E-state index in [-0.39, 0.29) is 5.69 Å². The molecular weight excluding hydrogens is 162 g/mol. The molecule has 0 unspecified atom stereocenters. The standard InChI is InChI=1S/C5H7N5O2/c6-5(12)10-9-4(11)3-1-2-7-8-3/h1-2H,(H,7,8)(H,9,11)(H3,6,10,12). The van der Waals surface area contributed by atoms with Crippen LogP contribution in [0.25, 0.3) is 0 Å². The molecule has 5 N–H and O–H groups in total. The van der Waals surface area contributed by atoms with Crippen molar-refractivity contribution in [3.8, 4) is 0 Å². The third-order valence-corrected chi connectivity index (χ3v) is 1.04. The Morgan fingerprint density at radius 3 is 2.75 bits per heavy atom. The topological polar surface area (TPSA) is 113 Å². The average Bonchev–Trinajstić information content (AvgIpc) is 2.51. The lowest BCUT2D eigenvalue weighted by Gasteiger charge is -2.01. The van der Waals surface area contributed by atoms with Crippen LogP contribution in [0.1, 0.15) is 10.5 Å². The summed E-state index contributed by atoms with van der Waals surface area (Å²) in [6, 6.07) is 0.626. The van der Waals surface area contributed by atoms with E-state index in [1.54, 1.807) is 0 Å². The monoisotopic (exact) mass is 169 g/mol. The first-order valence-electron chi connectivity index (χ1n) is 3.05. The summed E-state index contributed by atoms with van der Waals surface area (Å²) >= 11 is 0. The Morgan fingerprint density at radius 2 is 2.25 bits per heavy atom. The fourth-order valence-corrected chi connectivity index (χ4v) is 0.568. The zero-order valence-electron chi connectivity index (χ0n) is 6.00. The number of carbonyl (C=O) groups excluding carboxylic acids is 2. The fourth-order valence-electron chi connectivity index (χ4n) is 0.568. The highest BCUT2D eigenvalue weighted by atomic mass is 16.2. The van der Waals surface area contributed by atoms with Gasteiger partial charge in [-0.2, -0.15) is 5.10 Å². The quantitative estimate of drug-likeness (QED) is 0.393. The Morgan fingerprint density at radius 1 is 1.50 bits per heavy atom. The highest BCUT2D eigenvalue weighted by Crippen LogP contribution is 1.88. The summed E-state index contributed by atoms with van der Waals surface area (Å²) in [5.74, 6) is -0.508. The second-order valence-electron chi connectivity index (χ2n) is 1.91. The van der Waals surface area contributed by atoms with Crippen LogP contribution in [0.5, 0.6) is 0 Å². The minimum absolute atomic E-state index is 0.240. The number of amides is 3. The zero-order chi connectivity index (χ0) is 8.97. The maximum Gasteiger partial charge on any atom is 0.330 e. The van der Waals surface area contributed by atoms with Crippen LogP contribution in [-0.2, 0) is 0 Å². The molecule has 0 saturated carbocycles. The van der Waals surface area contributed by atoms with Crippen molar-refractivity contribution in [2.24, 2.45) is 5.73 Å². The van der Waals surface area contributed by atoms with E-state index in [1.165, 1.54) is 12.3 Å². The fraction of sp³-hybridized carbons (Fsp3) is 0. The molecule has 0 radical (unpaired) electrons. The molecule has 0 fully saturated rings. The van der Waals surface area contributed by atoms with E-state index in [2.05, 4.69) is 10.2 Å². The molecule has 1 rings (SSSR count). The van der Waals surface area contributed by atoms with Crippen molar-refractivity contribution in [1.82, 2.24) is 21.0 Å². The van der Waals surface area contributed by atoms with Crippen molar-refractivity contribution >= 4 is 11.9 Å². The van der Waals surface area contributed by atoms with E-state index in [0.717, 1.165) is 0 Å². The van der Waals surface area contributed by atoms with Crippen LogP contribution in [0.2, 0.25) is 0 Å². The molecule has 3 amide bonds. The molecule has 64 valence electrons. The number of urea groups is 1. The molecule has 0 bridgehead atoms. The number of hydrogen-bond acceptors (Lipinski definition) is 3. The van der Waals surface area contributed by atoms with Gasteiger partial charge in [-0.25, -0.2) is 10.2 Å². The lowest BCUT2D eigenvalue weighted by atomic mass is 10.4. The second-order valence-corrected chi connectivity index (χ2v) is 1.91. The van der Waals surface area contributed by atoms with Crippen molar-refractivity contribution in [2.75, 3.05) is 0 Å². The molecule has 7 heteroatoms. The number of rotatable bonds is 1. The molecular formula is C5H7N5O2. The van der Waals surface area contributed by atoms with E-state index in [4.69, 9.17) is 5.73 Å². The molecule has 0 aliphatic carbocycles. The van der Waals surface area contributed by atoms with E-state index in [1.807, 2.05) is 10.9 Å². The van der Waals surface area contributed by atoms with Gasteiger partial charge < -0.3 is 5.73 Å². The van der Waals surface area contributed by atoms with Crippen LogP contribution >= 0.6 is 0 Å². The molecule has 1 heterocycles. The summed E-state index contributed by atoms with van der Waals surface area (Å²) in [6.07, 6.45) is 1.42. The van der Waals surface area contributed by atoms with E-state index < -0.39 is 11.9 Å². The van der Waals surface area contributed by atoms with Crippen LogP contribution in [0, 0.1) is 0 Å². The van der Waals surface area contributed by atoms with Gasteiger partial charge in [0, 0.05) is 6.20 Å². The lowest BCUT2D eigenvalue weighted by molar-refractivity contribution is 0.0932. The maximum atomic E-state index is 11.0. The molecule has 1 aromatic heterocycles. The van der Waals surface area contributed by atoms with E-state index >= 15 is 0 Å². The predicted octanol–water partition coefficient (Wildman–Crippen LogP) is -1.28. The number of hydrazine groups is 1. The van der Waals surface area contributed by atoms with Gasteiger partial charge in [0.05, 0.1) is 0 Å². The molecule has 0 aliphatic heterocycles. The van der Waals surface area contributed by atoms with Gasteiger partial charge >= 0.3 is 6.03 Å². The number of primary amides is 1. The Bertz CT molecular complexity index is 280. The van der Waals surface area contributed by atoms with Gasteiger partial charge in [-0.1, -0.05) is 0 Å². The number of nitrogens with one attached hydrogen (secondary N) is 3. The number of nitrogens with two attached hydrogens (primary N) is 1. The van der Waals surface area contributed by atoms with Crippen LogP contribution in [0.3, 0.4) is 0 Å². The largest absolute Gasteiger partial charge is 0.350 e. The van der Waals surface area contributed by atoms with Crippen LogP contribution in [0.4, 0.5) is 4.79 Å². The van der Waals surface area contributed by atoms with Crippen LogP contribution in [-0.4, -0.2) is 22.1 Å². The Hall–Kier alpha value is -2.05. The molecule has 0 aliphatic rings. The van der Waals surface area contributed by atoms with E-state index in [9.17, 15) is 9.59 Å². The van der Waals surface area contributed by atoms with Crippen molar-refractivity contribution in [2.45, 2.75) is 0 Å². The minimum atomic E-state index is -0.831. The van der Waals surface area contributed by atoms with Crippen molar-refractivity contribution in [3.63, 3.8) is 0 Å². The predicted molar refractivity (Wildman–Crippen MR) is 38.8 cm³/mol. The summed E-state index contributed by atoms with van der Waals surface area (Å²) in [4.78, 5) is 21.1. The number of carbonyl (C=O) groups is 2. The molecule has 0 spiro atoms. The highest BCUT2D eigenvalue weighted by molar-refractivity contribution is 5.93. The molecule has 12 heavy (non-hydrogen) atoms. The highest BCUT2D eigenvalue weighted by Gasteiger charge is 2.05. The van der Waals surface area contributed by atoms with Gasteiger partial charge in [0.1, 0.15) is 5.69 Å². The van der Waals surface area contributed by atoms with Gasteiger partial charge in [0.2, 0.25) is 0 Å². The van der Waals surface area contributed by atoms with Gasteiger partial charge in [-0.3, -0.25) is 15.3 Å². The average molecular weight is 169 g/mol. The van der Waals surface area contributed by atoms with Crippen molar-refractivity contribution < 1.29 is 9.59 Å². The van der Waals surface area contributed by atoms with Crippen molar-refractivity contribution in [1.29, 1.82) is 0 Å². The van der Waals surface area contributed by atoms with Gasteiger partial charge in [-0.15, -0.1) is 0 Å². The molecule has 0 atom stereocenters. The molecule has 0 aromatic carbocycles. The van der Waals surface area contributed by atoms with Crippen LogP contribution < -0.4 is 16.6 Å². The number of aromatic amines is 1. The summed E-state index contributed by atoms with van der Waals surface area (Å²) < 4.78 is 0. The third kappa shape index (κ3) is 1.97. The first kappa shape index (κ1) is 8.05. The summed E-state index contributed by atoms with van der Waals surface area (Å²) in [7, 11) is 0. The molecule has 1 aromatic rings. The maximum absolute atomic E-state index is 11.0. The molecule has 0 saturated heterocycles. The summed E-state index contributed by atoms with van der Waals surface area (Å²) in [5.41, 5.74) is 8.92. The Labute approximate surface area is 67.3 Å². The summed E-state index contributed by atoms with van der Waals surface area (Å²) in [6.45, 7) is 0. The second kappa shape index (κ2) is 3.37. The first-order chi connectivity index (χ1) is 5.70. The number of H-pyrrole nitrogens is 1. The number of nitrogens with zero attached hydrogens (tertiary/aromatic N) is 1. The Balaban J connectivity index is 2.45. The smallest absolute Gasteiger partial charge is 0.330 e. The third-order valence-electron chi connectivity index (χ3n) is 1.04. The molecule has 7 nitrogen and oxygen atoms in total. The SMILES string of the molecule is NC(=O)NNC(=O)c1ccn[nH]1. The van der Waals surface area contributed by atoms with Crippen molar-refractivity contribution in [3.05, 3.63) is 18.0 Å². The minimum Gasteiger partial charge on any atom is -0.350 e. The van der Waals surface area contributed by atoms with Gasteiger partial charge in [-0.05, 0) is 6.07 Å². The van der Waals surface area contributed by atoms with E-state index in [0.29, 0.717) is 0 Å². The summed E-state index contributed by atoms with van der Waals surface area (Å²) in [5, 5.41) is 5.95. The lowest BCUT2D eigenvalue weighted by Crippen LogP contribution is -2.44. The number of hydrogen-bond donors (Lipinski definition) is 4.